The maximum atomic E-state index is 11.0. The molecule has 0 heterocycles. The van der Waals surface area contributed by atoms with Gasteiger partial charge >= 0.3 is 6.09 Å². The number of carbonyl (C=O) groups excluding carboxylic acids is 2. The van der Waals surface area contributed by atoms with Crippen LogP contribution in [0, 0.1) is 0 Å². The summed E-state index contributed by atoms with van der Waals surface area (Å²) in [6.07, 6.45) is 7.25. The number of nitrogens with two attached hydrogens (primary N) is 1. The molecule has 1 aromatic carbocycles. The number of primary amides is 1. The summed E-state index contributed by atoms with van der Waals surface area (Å²) in [6, 6.07) is 9.85. The van der Waals surface area contributed by atoms with E-state index in [0.29, 0.717) is 6.04 Å². The van der Waals surface area contributed by atoms with Gasteiger partial charge in [-0.15, -0.1) is 0 Å². The molecule has 1 aromatic rings. The third-order valence-electron chi connectivity index (χ3n) is 2.87. The third-order valence-corrected chi connectivity index (χ3v) is 2.87. The Kier molecular flexibility index (Phi) is 8.42. The SMILES string of the molecule is CCC/C=C\C(=O)NC1CC1.NC(=O)OCc1ccccc1.[HH]. The lowest BCUT2D eigenvalue weighted by Gasteiger charge is -1.99. The maximum absolute atomic E-state index is 11.0. The van der Waals surface area contributed by atoms with E-state index in [0.717, 1.165) is 31.2 Å². The van der Waals surface area contributed by atoms with Crippen LogP contribution in [0.25, 0.3) is 0 Å². The largest absolute Gasteiger partial charge is 0.445 e. The monoisotopic (exact) mass is 306 g/mol. The summed E-state index contributed by atoms with van der Waals surface area (Å²) >= 11 is 0. The Balaban J connectivity index is 0.000000403. The van der Waals surface area contributed by atoms with Gasteiger partial charge in [-0.2, -0.15) is 0 Å². The van der Waals surface area contributed by atoms with Crippen molar-refractivity contribution in [2.75, 3.05) is 0 Å². The Morgan fingerprint density at radius 1 is 1.36 bits per heavy atom. The predicted octanol–water partition coefficient (Wildman–Crippen LogP) is 3.15. The van der Waals surface area contributed by atoms with Crippen LogP contribution < -0.4 is 11.1 Å². The number of benzene rings is 1. The van der Waals surface area contributed by atoms with Gasteiger partial charge in [0.1, 0.15) is 6.61 Å². The normalized spacial score (nSPS) is 13.1. The fraction of sp³-hybridized carbons (Fsp3) is 0.412. The number of unbranched alkanes of at least 4 members (excludes halogenated alkanes) is 1. The van der Waals surface area contributed by atoms with E-state index in [-0.39, 0.29) is 13.9 Å². The number of amides is 2. The van der Waals surface area contributed by atoms with Crippen molar-refractivity contribution in [3.8, 4) is 0 Å². The van der Waals surface area contributed by atoms with Gasteiger partial charge < -0.3 is 15.8 Å². The fourth-order valence-corrected chi connectivity index (χ4v) is 1.56. The summed E-state index contributed by atoms with van der Waals surface area (Å²) in [4.78, 5) is 21.1. The summed E-state index contributed by atoms with van der Waals surface area (Å²) in [5.41, 5.74) is 5.72. The van der Waals surface area contributed by atoms with E-state index in [9.17, 15) is 9.59 Å². The summed E-state index contributed by atoms with van der Waals surface area (Å²) < 4.78 is 4.57. The Hall–Kier alpha value is -2.30. The second-order valence-electron chi connectivity index (χ2n) is 5.07. The average Bonchev–Trinajstić information content (AvgIpc) is 3.31. The van der Waals surface area contributed by atoms with E-state index in [1.165, 1.54) is 0 Å². The van der Waals surface area contributed by atoms with E-state index >= 15 is 0 Å². The van der Waals surface area contributed by atoms with Gasteiger partial charge in [0.25, 0.3) is 0 Å². The average molecular weight is 306 g/mol. The minimum absolute atomic E-state index is 0. The first-order valence-electron chi connectivity index (χ1n) is 7.55. The molecule has 1 fully saturated rings. The van der Waals surface area contributed by atoms with Crippen molar-refractivity contribution in [3.63, 3.8) is 0 Å². The highest BCUT2D eigenvalue weighted by molar-refractivity contribution is 5.87. The zero-order valence-electron chi connectivity index (χ0n) is 13.0. The van der Waals surface area contributed by atoms with Crippen LogP contribution in [-0.2, 0) is 16.1 Å². The molecule has 5 nitrogen and oxygen atoms in total. The molecule has 1 aliphatic rings. The molecule has 0 atom stereocenters. The zero-order chi connectivity index (χ0) is 16.2. The number of nitrogens with one attached hydrogen (secondary N) is 1. The van der Waals surface area contributed by atoms with Crippen LogP contribution in [0.4, 0.5) is 4.79 Å². The van der Waals surface area contributed by atoms with Crippen molar-refractivity contribution in [2.45, 2.75) is 45.3 Å². The molecule has 0 saturated heterocycles. The van der Waals surface area contributed by atoms with E-state index in [2.05, 4.69) is 17.0 Å². The van der Waals surface area contributed by atoms with Crippen LogP contribution in [0.15, 0.2) is 42.5 Å². The summed E-state index contributed by atoms with van der Waals surface area (Å²) in [6.45, 7) is 2.35. The maximum Gasteiger partial charge on any atom is 0.404 e. The van der Waals surface area contributed by atoms with Crippen molar-refractivity contribution in [1.29, 1.82) is 0 Å². The molecule has 5 heteroatoms. The van der Waals surface area contributed by atoms with Crippen molar-refractivity contribution in [1.82, 2.24) is 5.32 Å². The van der Waals surface area contributed by atoms with E-state index in [1.807, 2.05) is 36.4 Å². The number of hydrogen-bond acceptors (Lipinski definition) is 3. The van der Waals surface area contributed by atoms with E-state index in [4.69, 9.17) is 5.73 Å². The van der Waals surface area contributed by atoms with Crippen LogP contribution in [0.5, 0.6) is 0 Å². The molecule has 1 saturated carbocycles. The van der Waals surface area contributed by atoms with Gasteiger partial charge in [0.15, 0.2) is 0 Å². The highest BCUT2D eigenvalue weighted by Crippen LogP contribution is 2.18. The molecule has 2 amide bonds. The van der Waals surface area contributed by atoms with Crippen LogP contribution in [-0.4, -0.2) is 18.0 Å². The molecule has 0 bridgehead atoms. The molecule has 1 aliphatic carbocycles. The molecule has 0 spiro atoms. The Labute approximate surface area is 133 Å². The number of carbonyl (C=O) groups is 2. The Bertz CT molecular complexity index is 488. The predicted molar refractivity (Wildman–Crippen MR) is 88.1 cm³/mol. The highest BCUT2D eigenvalue weighted by atomic mass is 16.5. The van der Waals surface area contributed by atoms with Crippen molar-refractivity contribution in [2.24, 2.45) is 5.73 Å². The number of rotatable bonds is 6. The van der Waals surface area contributed by atoms with Crippen molar-refractivity contribution >= 4 is 12.0 Å². The molecule has 0 aromatic heterocycles. The molecule has 3 N–H and O–H groups in total. The van der Waals surface area contributed by atoms with Crippen LogP contribution >= 0.6 is 0 Å². The summed E-state index contributed by atoms with van der Waals surface area (Å²) in [5.74, 6) is 0.0703. The lowest BCUT2D eigenvalue weighted by Crippen LogP contribution is -2.22. The summed E-state index contributed by atoms with van der Waals surface area (Å²) in [5, 5.41) is 2.89. The fourth-order valence-electron chi connectivity index (χ4n) is 1.56. The van der Waals surface area contributed by atoms with Gasteiger partial charge in [0, 0.05) is 7.47 Å². The first kappa shape index (κ1) is 17.8. The lowest BCUT2D eigenvalue weighted by atomic mass is 10.2. The molecule has 122 valence electrons. The van der Waals surface area contributed by atoms with E-state index in [1.54, 1.807) is 6.08 Å². The van der Waals surface area contributed by atoms with Gasteiger partial charge in [-0.25, -0.2) is 4.79 Å². The summed E-state index contributed by atoms with van der Waals surface area (Å²) in [7, 11) is 0. The quantitative estimate of drug-likeness (QED) is 0.792. The molecule has 0 unspecified atom stereocenters. The van der Waals surface area contributed by atoms with E-state index < -0.39 is 6.09 Å². The highest BCUT2D eigenvalue weighted by Gasteiger charge is 2.21. The molecule has 2 rings (SSSR count). The topological polar surface area (TPSA) is 81.4 Å². The van der Waals surface area contributed by atoms with Crippen LogP contribution in [0.3, 0.4) is 0 Å². The van der Waals surface area contributed by atoms with Crippen LogP contribution in [0.1, 0.15) is 39.6 Å². The number of allylic oxidation sites excluding steroid dienone is 1. The third kappa shape index (κ3) is 9.58. The second-order valence-corrected chi connectivity index (χ2v) is 5.07. The number of hydrogen-bond donors (Lipinski definition) is 2. The van der Waals surface area contributed by atoms with Crippen molar-refractivity contribution < 1.29 is 15.8 Å². The van der Waals surface area contributed by atoms with Gasteiger partial charge in [-0.05, 0) is 30.9 Å². The van der Waals surface area contributed by atoms with Gasteiger partial charge in [-0.3, -0.25) is 4.79 Å². The van der Waals surface area contributed by atoms with Crippen molar-refractivity contribution in [3.05, 3.63) is 48.0 Å². The molecule has 22 heavy (non-hydrogen) atoms. The smallest absolute Gasteiger partial charge is 0.404 e. The minimum atomic E-state index is -0.742. The van der Waals surface area contributed by atoms with Crippen LogP contribution in [0.2, 0.25) is 0 Å². The number of ether oxygens (including phenoxy) is 1. The Morgan fingerprint density at radius 3 is 2.59 bits per heavy atom. The molecule has 0 aliphatic heterocycles. The molecular formula is C17H26N2O3. The van der Waals surface area contributed by atoms with Gasteiger partial charge in [0.2, 0.25) is 5.91 Å². The van der Waals surface area contributed by atoms with Gasteiger partial charge in [-0.1, -0.05) is 49.8 Å². The standard InChI is InChI=1S/C9H15NO.C8H9NO2.H2/c1-2-3-4-5-9(11)10-8-6-7-8;9-8(10)11-6-7-4-2-1-3-5-7;/h4-5,8H,2-3,6-7H2,1H3,(H,10,11);1-5H,6H2,(H2,9,10);1H/b5-4-;;. The molecule has 0 radical (unpaired) electrons. The zero-order valence-corrected chi connectivity index (χ0v) is 13.0. The Morgan fingerprint density at radius 2 is 2.05 bits per heavy atom. The van der Waals surface area contributed by atoms with Gasteiger partial charge in [0.05, 0.1) is 0 Å². The first-order chi connectivity index (χ1) is 10.6. The molecular weight excluding hydrogens is 280 g/mol. The first-order valence-corrected chi connectivity index (χ1v) is 7.55. The minimum Gasteiger partial charge on any atom is -0.445 e. The second kappa shape index (κ2) is 10.4. The lowest BCUT2D eigenvalue weighted by molar-refractivity contribution is -0.116.